The highest BCUT2D eigenvalue weighted by Gasteiger charge is 2.08. The molecule has 1 heterocycles. The van der Waals surface area contributed by atoms with E-state index in [9.17, 15) is 4.79 Å². The molecule has 0 aliphatic carbocycles. The maximum absolute atomic E-state index is 11.9. The van der Waals surface area contributed by atoms with Gasteiger partial charge in [-0.3, -0.25) is 9.48 Å². The molecule has 0 saturated carbocycles. The van der Waals surface area contributed by atoms with Crippen molar-refractivity contribution in [3.8, 4) is 0 Å². The number of Topliss-reactive ketones (excluding diaryl/α,β-unsaturated/α-hetero) is 1. The summed E-state index contributed by atoms with van der Waals surface area (Å²) in [5.41, 5.74) is 1.66. The predicted molar refractivity (Wildman–Crippen MR) is 65.4 cm³/mol. The minimum atomic E-state index is 0.0891. The third-order valence-corrected chi connectivity index (χ3v) is 2.77. The number of hydrogen-bond donors (Lipinski definition) is 0. The van der Waals surface area contributed by atoms with Gasteiger partial charge in [0.1, 0.15) is 0 Å². The molecular formula is C12H11BrN2O. The van der Waals surface area contributed by atoms with Gasteiger partial charge in [0.2, 0.25) is 0 Å². The second-order valence-electron chi connectivity index (χ2n) is 3.63. The monoisotopic (exact) mass is 278 g/mol. The first-order valence-corrected chi connectivity index (χ1v) is 5.71. The molecule has 0 atom stereocenters. The van der Waals surface area contributed by atoms with Gasteiger partial charge in [-0.2, -0.15) is 5.10 Å². The molecule has 0 saturated heterocycles. The number of hydrogen-bond acceptors (Lipinski definition) is 2. The lowest BCUT2D eigenvalue weighted by Gasteiger charge is -1.99. The van der Waals surface area contributed by atoms with Crippen LogP contribution in [0.15, 0.2) is 41.1 Å². The van der Waals surface area contributed by atoms with Gasteiger partial charge in [0.05, 0.1) is 11.8 Å². The number of nitrogens with zero attached hydrogens (tertiary/aromatic N) is 2. The van der Waals surface area contributed by atoms with Crippen molar-refractivity contribution in [3.63, 3.8) is 0 Å². The molecule has 0 bridgehead atoms. The largest absolute Gasteiger partial charge is 0.294 e. The molecule has 4 heteroatoms. The van der Waals surface area contributed by atoms with Crippen LogP contribution in [-0.2, 0) is 13.5 Å². The molecule has 0 N–H and O–H groups in total. The maximum atomic E-state index is 11.9. The Bertz CT molecular complexity index is 519. The van der Waals surface area contributed by atoms with Gasteiger partial charge in [0.15, 0.2) is 5.78 Å². The Kier molecular flexibility index (Phi) is 3.19. The van der Waals surface area contributed by atoms with E-state index in [-0.39, 0.29) is 5.78 Å². The zero-order valence-electron chi connectivity index (χ0n) is 8.85. The smallest absolute Gasteiger partial charge is 0.170 e. The Labute approximate surface area is 102 Å². The van der Waals surface area contributed by atoms with Crippen LogP contribution in [0.25, 0.3) is 0 Å². The molecule has 82 valence electrons. The summed E-state index contributed by atoms with van der Waals surface area (Å²) >= 11 is 3.38. The highest BCUT2D eigenvalue weighted by Crippen LogP contribution is 2.13. The second-order valence-corrected chi connectivity index (χ2v) is 4.55. The highest BCUT2D eigenvalue weighted by atomic mass is 79.9. The standard InChI is InChI=1S/C12H11BrN2O/c1-15-8-10(7-14-15)12(16)6-9-3-2-4-11(13)5-9/h2-5,7-8H,6H2,1H3. The molecule has 16 heavy (non-hydrogen) atoms. The Hall–Kier alpha value is -1.42. The van der Waals surface area contributed by atoms with E-state index in [0.29, 0.717) is 12.0 Å². The van der Waals surface area contributed by atoms with Gasteiger partial charge in [-0.05, 0) is 17.7 Å². The normalized spacial score (nSPS) is 10.4. The summed E-state index contributed by atoms with van der Waals surface area (Å²) in [5, 5.41) is 3.98. The average Bonchev–Trinajstić information content (AvgIpc) is 2.65. The molecule has 0 amide bonds. The van der Waals surface area contributed by atoms with Crippen molar-refractivity contribution in [2.24, 2.45) is 7.05 Å². The first-order chi connectivity index (χ1) is 7.65. The van der Waals surface area contributed by atoms with Crippen molar-refractivity contribution in [2.75, 3.05) is 0 Å². The molecule has 1 aromatic heterocycles. The van der Waals surface area contributed by atoms with Crippen LogP contribution in [0.3, 0.4) is 0 Å². The van der Waals surface area contributed by atoms with Gasteiger partial charge in [0, 0.05) is 24.1 Å². The predicted octanol–water partition coefficient (Wildman–Crippen LogP) is 2.61. The summed E-state index contributed by atoms with van der Waals surface area (Å²) in [4.78, 5) is 11.9. The van der Waals surface area contributed by atoms with Gasteiger partial charge in [-0.1, -0.05) is 28.1 Å². The SMILES string of the molecule is Cn1cc(C(=O)Cc2cccc(Br)c2)cn1. The number of halogens is 1. The summed E-state index contributed by atoms with van der Waals surface area (Å²) < 4.78 is 2.62. The van der Waals surface area contributed by atoms with Crippen molar-refractivity contribution in [2.45, 2.75) is 6.42 Å². The molecule has 0 unspecified atom stereocenters. The molecule has 0 radical (unpaired) electrons. The van der Waals surface area contributed by atoms with E-state index in [1.54, 1.807) is 24.1 Å². The summed E-state index contributed by atoms with van der Waals surface area (Å²) in [6, 6.07) is 7.77. The lowest BCUT2D eigenvalue weighted by molar-refractivity contribution is 0.0993. The van der Waals surface area contributed by atoms with E-state index in [0.717, 1.165) is 10.0 Å². The topological polar surface area (TPSA) is 34.9 Å². The molecule has 0 aliphatic heterocycles. The van der Waals surface area contributed by atoms with Gasteiger partial charge in [0.25, 0.3) is 0 Å². The fourth-order valence-corrected chi connectivity index (χ4v) is 1.95. The Morgan fingerprint density at radius 3 is 2.94 bits per heavy atom. The number of carbonyl (C=O) groups is 1. The van der Waals surface area contributed by atoms with Crippen molar-refractivity contribution < 1.29 is 4.79 Å². The van der Waals surface area contributed by atoms with Gasteiger partial charge in [-0.25, -0.2) is 0 Å². The Morgan fingerprint density at radius 2 is 2.31 bits per heavy atom. The highest BCUT2D eigenvalue weighted by molar-refractivity contribution is 9.10. The van der Waals surface area contributed by atoms with Crippen LogP contribution in [0, 0.1) is 0 Å². The quantitative estimate of drug-likeness (QED) is 0.809. The number of benzene rings is 1. The third kappa shape index (κ3) is 2.58. The molecule has 2 aromatic rings. The molecule has 2 rings (SSSR count). The minimum Gasteiger partial charge on any atom is -0.294 e. The van der Waals surface area contributed by atoms with Crippen LogP contribution in [0.1, 0.15) is 15.9 Å². The molecule has 3 nitrogen and oxygen atoms in total. The lowest BCUT2D eigenvalue weighted by Crippen LogP contribution is -2.02. The summed E-state index contributed by atoms with van der Waals surface area (Å²) in [7, 11) is 1.80. The van der Waals surface area contributed by atoms with Crippen LogP contribution in [0.4, 0.5) is 0 Å². The second kappa shape index (κ2) is 4.61. The van der Waals surface area contributed by atoms with Crippen molar-refractivity contribution in [1.82, 2.24) is 9.78 Å². The maximum Gasteiger partial charge on any atom is 0.170 e. The zero-order valence-corrected chi connectivity index (χ0v) is 10.4. The lowest BCUT2D eigenvalue weighted by atomic mass is 10.1. The van der Waals surface area contributed by atoms with Crippen molar-refractivity contribution >= 4 is 21.7 Å². The molecule has 1 aromatic carbocycles. The van der Waals surface area contributed by atoms with E-state index in [4.69, 9.17) is 0 Å². The molecular weight excluding hydrogens is 268 g/mol. The van der Waals surface area contributed by atoms with Crippen LogP contribution in [0.5, 0.6) is 0 Å². The Balaban J connectivity index is 2.13. The fraction of sp³-hybridized carbons (Fsp3) is 0.167. The summed E-state index contributed by atoms with van der Waals surface area (Å²) in [6.45, 7) is 0. The molecule has 0 aliphatic rings. The van der Waals surface area contributed by atoms with Crippen molar-refractivity contribution in [3.05, 3.63) is 52.3 Å². The molecule has 0 spiro atoms. The minimum absolute atomic E-state index is 0.0891. The zero-order chi connectivity index (χ0) is 11.5. The van der Waals surface area contributed by atoms with Crippen LogP contribution in [-0.4, -0.2) is 15.6 Å². The van der Waals surface area contributed by atoms with E-state index in [1.807, 2.05) is 24.3 Å². The average molecular weight is 279 g/mol. The number of rotatable bonds is 3. The van der Waals surface area contributed by atoms with Gasteiger partial charge >= 0.3 is 0 Å². The third-order valence-electron chi connectivity index (χ3n) is 2.28. The number of ketones is 1. The van der Waals surface area contributed by atoms with Crippen LogP contribution >= 0.6 is 15.9 Å². The fourth-order valence-electron chi connectivity index (χ4n) is 1.50. The van der Waals surface area contributed by atoms with Crippen LogP contribution < -0.4 is 0 Å². The molecule has 0 fully saturated rings. The Morgan fingerprint density at radius 1 is 1.50 bits per heavy atom. The van der Waals surface area contributed by atoms with Crippen molar-refractivity contribution in [1.29, 1.82) is 0 Å². The van der Waals surface area contributed by atoms with E-state index in [1.165, 1.54) is 0 Å². The number of aromatic nitrogens is 2. The number of aryl methyl sites for hydroxylation is 1. The van der Waals surface area contributed by atoms with E-state index < -0.39 is 0 Å². The summed E-state index contributed by atoms with van der Waals surface area (Å²) in [5.74, 6) is 0.0891. The van der Waals surface area contributed by atoms with E-state index in [2.05, 4.69) is 21.0 Å². The van der Waals surface area contributed by atoms with Crippen LogP contribution in [0.2, 0.25) is 0 Å². The van der Waals surface area contributed by atoms with Gasteiger partial charge < -0.3 is 0 Å². The first-order valence-electron chi connectivity index (χ1n) is 4.91. The first kappa shape index (κ1) is 11.1. The summed E-state index contributed by atoms with van der Waals surface area (Å²) in [6.07, 6.45) is 3.74. The number of carbonyl (C=O) groups excluding carboxylic acids is 1. The van der Waals surface area contributed by atoms with E-state index >= 15 is 0 Å². The van der Waals surface area contributed by atoms with Gasteiger partial charge in [-0.15, -0.1) is 0 Å².